The summed E-state index contributed by atoms with van der Waals surface area (Å²) in [5.74, 6) is 0.149. The summed E-state index contributed by atoms with van der Waals surface area (Å²) in [6.45, 7) is 10.7. The molecule has 0 aromatic heterocycles. The van der Waals surface area contributed by atoms with Gasteiger partial charge in [-0.2, -0.15) is 0 Å². The average Bonchev–Trinajstić information content (AvgIpc) is 2.77. The minimum absolute atomic E-state index is 0.138. The molecule has 1 aromatic carbocycles. The zero-order valence-electron chi connectivity index (χ0n) is 19.9. The summed E-state index contributed by atoms with van der Waals surface area (Å²) in [5.41, 5.74) is 7.90. The van der Waals surface area contributed by atoms with Crippen LogP contribution in [0.5, 0.6) is 0 Å². The van der Waals surface area contributed by atoms with Crippen LogP contribution in [0.1, 0.15) is 31.9 Å². The summed E-state index contributed by atoms with van der Waals surface area (Å²) in [5, 5.41) is 8.51. The zero-order chi connectivity index (χ0) is 24.4. The molecule has 0 saturated carbocycles. The SMILES string of the molecule is CCNCc1ccc(N=C(/C=C\NC=O)NC(=O)N2CCN(C(=O)C(C)(C)N)CC2)cc1C. The minimum atomic E-state index is -0.944. The number of amides is 4. The van der Waals surface area contributed by atoms with Crippen LogP contribution in [0, 0.1) is 6.92 Å². The molecule has 5 N–H and O–H groups in total. The van der Waals surface area contributed by atoms with E-state index >= 15 is 0 Å². The molecule has 1 saturated heterocycles. The molecule has 0 bridgehead atoms. The van der Waals surface area contributed by atoms with Crippen LogP contribution >= 0.6 is 0 Å². The molecule has 0 unspecified atom stereocenters. The largest absolute Gasteiger partial charge is 0.338 e. The van der Waals surface area contributed by atoms with Gasteiger partial charge >= 0.3 is 6.03 Å². The highest BCUT2D eigenvalue weighted by Gasteiger charge is 2.31. The molecule has 0 spiro atoms. The Kier molecular flexibility index (Phi) is 9.56. The van der Waals surface area contributed by atoms with Crippen LogP contribution in [-0.2, 0) is 16.1 Å². The van der Waals surface area contributed by atoms with E-state index in [1.165, 1.54) is 17.8 Å². The molecule has 0 radical (unpaired) electrons. The molecule has 1 aliphatic heterocycles. The lowest BCUT2D eigenvalue weighted by Gasteiger charge is -2.37. The topological polar surface area (TPSA) is 132 Å². The maximum absolute atomic E-state index is 12.8. The van der Waals surface area contributed by atoms with Gasteiger partial charge in [0.25, 0.3) is 0 Å². The van der Waals surface area contributed by atoms with Crippen molar-refractivity contribution in [2.24, 2.45) is 10.7 Å². The predicted molar refractivity (Wildman–Crippen MR) is 129 cm³/mol. The highest BCUT2D eigenvalue weighted by atomic mass is 16.2. The van der Waals surface area contributed by atoms with E-state index in [-0.39, 0.29) is 17.8 Å². The molecule has 0 aliphatic carbocycles. The van der Waals surface area contributed by atoms with E-state index in [9.17, 15) is 14.4 Å². The van der Waals surface area contributed by atoms with Gasteiger partial charge < -0.3 is 26.2 Å². The number of carbonyl (C=O) groups excluding carboxylic acids is 3. The molecule has 1 fully saturated rings. The lowest BCUT2D eigenvalue weighted by Crippen LogP contribution is -2.59. The third-order valence-electron chi connectivity index (χ3n) is 5.19. The fraction of sp³-hybridized carbons (Fsp3) is 0.478. The fourth-order valence-corrected chi connectivity index (χ4v) is 3.33. The van der Waals surface area contributed by atoms with Gasteiger partial charge in [-0.15, -0.1) is 0 Å². The van der Waals surface area contributed by atoms with Crippen LogP contribution in [-0.4, -0.2) is 72.2 Å². The molecule has 0 atom stereocenters. The lowest BCUT2D eigenvalue weighted by atomic mass is 10.1. The summed E-state index contributed by atoms with van der Waals surface area (Å²) in [6.07, 6.45) is 3.45. The van der Waals surface area contributed by atoms with Crippen LogP contribution in [0.2, 0.25) is 0 Å². The van der Waals surface area contributed by atoms with Gasteiger partial charge in [-0.1, -0.05) is 13.0 Å². The Morgan fingerprint density at radius 1 is 1.18 bits per heavy atom. The van der Waals surface area contributed by atoms with E-state index < -0.39 is 5.54 Å². The number of aliphatic imine (C=N–C) groups is 1. The van der Waals surface area contributed by atoms with E-state index in [4.69, 9.17) is 5.73 Å². The van der Waals surface area contributed by atoms with Crippen LogP contribution in [0.3, 0.4) is 0 Å². The number of carbonyl (C=O) groups is 3. The minimum Gasteiger partial charge on any atom is -0.338 e. The van der Waals surface area contributed by atoms with Crippen molar-refractivity contribution in [3.05, 3.63) is 41.6 Å². The second-order valence-electron chi connectivity index (χ2n) is 8.44. The van der Waals surface area contributed by atoms with Crippen molar-refractivity contribution in [3.63, 3.8) is 0 Å². The molecule has 1 aliphatic rings. The molecule has 33 heavy (non-hydrogen) atoms. The van der Waals surface area contributed by atoms with Crippen molar-refractivity contribution in [1.29, 1.82) is 0 Å². The van der Waals surface area contributed by atoms with Gasteiger partial charge in [0.2, 0.25) is 12.3 Å². The van der Waals surface area contributed by atoms with E-state index in [1.54, 1.807) is 23.6 Å². The Labute approximate surface area is 195 Å². The number of rotatable bonds is 8. The van der Waals surface area contributed by atoms with Crippen molar-refractivity contribution in [2.75, 3.05) is 32.7 Å². The van der Waals surface area contributed by atoms with E-state index in [2.05, 4.69) is 27.9 Å². The second-order valence-corrected chi connectivity index (χ2v) is 8.44. The van der Waals surface area contributed by atoms with Crippen LogP contribution < -0.4 is 21.7 Å². The Bertz CT molecular complexity index is 898. The summed E-state index contributed by atoms with van der Waals surface area (Å²) in [4.78, 5) is 43.6. The first-order chi connectivity index (χ1) is 15.7. The van der Waals surface area contributed by atoms with Gasteiger partial charge in [-0.3, -0.25) is 14.9 Å². The average molecular weight is 458 g/mol. The summed E-state index contributed by atoms with van der Waals surface area (Å²) in [6, 6.07) is 5.49. The van der Waals surface area contributed by atoms with Crippen molar-refractivity contribution >= 4 is 29.9 Å². The Morgan fingerprint density at radius 3 is 2.42 bits per heavy atom. The first kappa shape index (κ1) is 26.0. The third kappa shape index (κ3) is 7.99. The smallest absolute Gasteiger partial charge is 0.323 e. The van der Waals surface area contributed by atoms with Gasteiger partial charge in [0.1, 0.15) is 5.84 Å². The van der Waals surface area contributed by atoms with Crippen molar-refractivity contribution in [3.8, 4) is 0 Å². The summed E-state index contributed by atoms with van der Waals surface area (Å²) in [7, 11) is 0. The molecule has 10 nitrogen and oxygen atoms in total. The predicted octanol–water partition coefficient (Wildman–Crippen LogP) is 0.985. The maximum Gasteiger partial charge on any atom is 0.323 e. The molecule has 180 valence electrons. The summed E-state index contributed by atoms with van der Waals surface area (Å²) < 4.78 is 0. The highest BCUT2D eigenvalue weighted by molar-refractivity contribution is 6.05. The Morgan fingerprint density at radius 2 is 1.85 bits per heavy atom. The van der Waals surface area contributed by atoms with E-state index in [1.807, 2.05) is 25.1 Å². The number of hydrogen-bond acceptors (Lipinski definition) is 6. The van der Waals surface area contributed by atoms with Crippen molar-refractivity contribution in [2.45, 2.75) is 39.8 Å². The molecular formula is C23H35N7O3. The maximum atomic E-state index is 12.8. The normalized spacial score (nSPS) is 15.0. The number of piperazine rings is 1. The number of nitrogens with one attached hydrogen (secondary N) is 3. The third-order valence-corrected chi connectivity index (χ3v) is 5.19. The molecule has 10 heteroatoms. The number of amidine groups is 1. The number of benzene rings is 1. The van der Waals surface area contributed by atoms with Gasteiger partial charge in [-0.25, -0.2) is 9.79 Å². The number of hydrogen-bond donors (Lipinski definition) is 4. The molecule has 2 rings (SSSR count). The van der Waals surface area contributed by atoms with Crippen LogP contribution in [0.15, 0.2) is 35.5 Å². The quantitative estimate of drug-likeness (QED) is 0.263. The van der Waals surface area contributed by atoms with Gasteiger partial charge in [0, 0.05) is 38.9 Å². The van der Waals surface area contributed by atoms with Gasteiger partial charge in [0.05, 0.1) is 11.2 Å². The lowest BCUT2D eigenvalue weighted by molar-refractivity contribution is -0.137. The van der Waals surface area contributed by atoms with Gasteiger partial charge in [-0.05, 0) is 56.7 Å². The number of nitrogens with two attached hydrogens (primary N) is 1. The zero-order valence-corrected chi connectivity index (χ0v) is 19.9. The first-order valence-corrected chi connectivity index (χ1v) is 11.0. The number of aryl methyl sites for hydroxylation is 1. The van der Waals surface area contributed by atoms with Crippen molar-refractivity contribution < 1.29 is 14.4 Å². The molecular weight excluding hydrogens is 422 g/mol. The van der Waals surface area contributed by atoms with Crippen LogP contribution in [0.4, 0.5) is 10.5 Å². The fourth-order valence-electron chi connectivity index (χ4n) is 3.33. The van der Waals surface area contributed by atoms with Crippen LogP contribution in [0.25, 0.3) is 0 Å². The van der Waals surface area contributed by atoms with E-state index in [0.29, 0.717) is 38.3 Å². The highest BCUT2D eigenvalue weighted by Crippen LogP contribution is 2.18. The first-order valence-electron chi connectivity index (χ1n) is 11.0. The molecule has 1 aromatic rings. The summed E-state index contributed by atoms with van der Waals surface area (Å²) >= 11 is 0. The van der Waals surface area contributed by atoms with Gasteiger partial charge in [0.15, 0.2) is 0 Å². The standard InChI is InChI=1S/C23H35N7O3/c1-5-25-15-18-6-7-19(14-17(18)2)27-20(8-9-26-16-31)28-22(33)30-12-10-29(11-13-30)21(32)23(3,4)24/h6-9,14,16,25H,5,10-13,15,24H2,1-4H3,(H,26,31)(H,27,28,33)/b9-8-. The van der Waals surface area contributed by atoms with E-state index in [0.717, 1.165) is 18.7 Å². The Hall–Kier alpha value is -3.24. The Balaban J connectivity index is 2.09. The molecule has 1 heterocycles. The van der Waals surface area contributed by atoms with Crippen molar-refractivity contribution in [1.82, 2.24) is 25.8 Å². The monoisotopic (exact) mass is 457 g/mol. The second kappa shape index (κ2) is 12.1. The number of nitrogens with zero attached hydrogens (tertiary/aromatic N) is 3. The molecule has 4 amide bonds. The number of urea groups is 1.